The Bertz CT molecular complexity index is 299. The second kappa shape index (κ2) is 5.59. The van der Waals surface area contributed by atoms with Crippen LogP contribution in [-0.2, 0) is 4.79 Å². The summed E-state index contributed by atoms with van der Waals surface area (Å²) >= 11 is 0. The van der Waals surface area contributed by atoms with Crippen LogP contribution in [0.1, 0.15) is 39.5 Å². The molecule has 2 nitrogen and oxygen atoms in total. The molecule has 1 fully saturated rings. The lowest BCUT2D eigenvalue weighted by Crippen LogP contribution is -2.38. The average Bonchev–Trinajstić information content (AvgIpc) is 2.19. The fourth-order valence-electron chi connectivity index (χ4n) is 2.50. The molecule has 1 saturated carbocycles. The molecule has 0 N–H and O–H groups in total. The van der Waals surface area contributed by atoms with Crippen molar-refractivity contribution in [2.75, 3.05) is 20.1 Å². The topological polar surface area (TPSA) is 20.3 Å². The van der Waals surface area contributed by atoms with Crippen LogP contribution in [0.25, 0.3) is 0 Å². The second-order valence-corrected chi connectivity index (χ2v) is 6.16. The number of carbonyl (C=O) groups excluding carboxylic acids is 1. The van der Waals surface area contributed by atoms with Crippen LogP contribution in [0, 0.1) is 11.3 Å². The van der Waals surface area contributed by atoms with Gasteiger partial charge in [0, 0.05) is 25.4 Å². The van der Waals surface area contributed by atoms with Gasteiger partial charge in [-0.3, -0.25) is 4.79 Å². The third-order valence-electron chi connectivity index (χ3n) is 3.61. The van der Waals surface area contributed by atoms with Crippen LogP contribution >= 0.6 is 0 Å². The van der Waals surface area contributed by atoms with Gasteiger partial charge in [0.25, 0.3) is 0 Å². The van der Waals surface area contributed by atoms with E-state index in [4.69, 9.17) is 0 Å². The van der Waals surface area contributed by atoms with E-state index < -0.39 is 12.6 Å². The van der Waals surface area contributed by atoms with Crippen molar-refractivity contribution in [1.82, 2.24) is 4.90 Å². The Morgan fingerprint density at radius 1 is 1.39 bits per heavy atom. The Balaban J connectivity index is 2.43. The van der Waals surface area contributed by atoms with E-state index in [0.717, 1.165) is 12.8 Å². The van der Waals surface area contributed by atoms with Gasteiger partial charge in [-0.2, -0.15) is 13.2 Å². The number of ketones is 1. The fourth-order valence-corrected chi connectivity index (χ4v) is 2.50. The Kier molecular flexibility index (Phi) is 4.81. The zero-order chi connectivity index (χ0) is 14.0. The number of Topliss-reactive ketones (excluding diaryl/α,β-unsaturated/α-hetero) is 1. The number of carbonyl (C=O) groups is 1. The lowest BCUT2D eigenvalue weighted by molar-refractivity contribution is -0.138. The van der Waals surface area contributed by atoms with E-state index in [1.807, 2.05) is 0 Å². The van der Waals surface area contributed by atoms with Gasteiger partial charge in [-0.05, 0) is 25.3 Å². The SMILES string of the molecule is CN(CCC(F)(F)F)CC1CC(C)(C)CCC1=O. The molecule has 0 bridgehead atoms. The molecule has 0 amide bonds. The fraction of sp³-hybridized carbons (Fsp3) is 0.923. The molecule has 0 aromatic rings. The van der Waals surface area contributed by atoms with E-state index >= 15 is 0 Å². The smallest absolute Gasteiger partial charge is 0.305 e. The molecule has 0 aromatic carbocycles. The van der Waals surface area contributed by atoms with Gasteiger partial charge in [0.2, 0.25) is 0 Å². The first-order valence-electron chi connectivity index (χ1n) is 6.37. The minimum Gasteiger partial charge on any atom is -0.305 e. The molecular weight excluding hydrogens is 243 g/mol. The third-order valence-corrected chi connectivity index (χ3v) is 3.61. The van der Waals surface area contributed by atoms with E-state index in [1.54, 1.807) is 11.9 Å². The summed E-state index contributed by atoms with van der Waals surface area (Å²) in [6, 6.07) is 0. The van der Waals surface area contributed by atoms with E-state index in [9.17, 15) is 18.0 Å². The molecule has 0 radical (unpaired) electrons. The zero-order valence-corrected chi connectivity index (χ0v) is 11.3. The van der Waals surface area contributed by atoms with Crippen LogP contribution in [0.4, 0.5) is 13.2 Å². The number of nitrogens with zero attached hydrogens (tertiary/aromatic N) is 1. The molecule has 0 aromatic heterocycles. The van der Waals surface area contributed by atoms with Crippen molar-refractivity contribution in [3.05, 3.63) is 0 Å². The number of rotatable bonds is 4. The number of hydrogen-bond donors (Lipinski definition) is 0. The van der Waals surface area contributed by atoms with Gasteiger partial charge in [0.1, 0.15) is 5.78 Å². The van der Waals surface area contributed by atoms with Crippen molar-refractivity contribution in [3.63, 3.8) is 0 Å². The molecule has 1 aliphatic carbocycles. The molecular formula is C13H22F3NO. The van der Waals surface area contributed by atoms with Crippen molar-refractivity contribution < 1.29 is 18.0 Å². The normalized spacial score (nSPS) is 24.6. The van der Waals surface area contributed by atoms with Crippen molar-refractivity contribution in [1.29, 1.82) is 0 Å². The summed E-state index contributed by atoms with van der Waals surface area (Å²) in [6.45, 7) is 4.64. The molecule has 5 heteroatoms. The Labute approximate surface area is 107 Å². The number of halogens is 3. The van der Waals surface area contributed by atoms with Crippen LogP contribution in [0.3, 0.4) is 0 Å². The second-order valence-electron chi connectivity index (χ2n) is 6.16. The largest absolute Gasteiger partial charge is 0.390 e. The Morgan fingerprint density at radius 3 is 2.56 bits per heavy atom. The first-order chi connectivity index (χ1) is 8.09. The summed E-state index contributed by atoms with van der Waals surface area (Å²) in [5.74, 6) is 0.0974. The van der Waals surface area contributed by atoms with E-state index in [1.165, 1.54) is 0 Å². The van der Waals surface area contributed by atoms with Gasteiger partial charge in [0.05, 0.1) is 6.42 Å². The van der Waals surface area contributed by atoms with Gasteiger partial charge in [-0.25, -0.2) is 0 Å². The van der Waals surface area contributed by atoms with Gasteiger partial charge in [-0.1, -0.05) is 13.8 Å². The summed E-state index contributed by atoms with van der Waals surface area (Å²) < 4.78 is 36.3. The lowest BCUT2D eigenvalue weighted by atomic mass is 9.71. The maximum absolute atomic E-state index is 12.1. The molecule has 1 aliphatic rings. The first-order valence-corrected chi connectivity index (χ1v) is 6.37. The van der Waals surface area contributed by atoms with Gasteiger partial charge in [0.15, 0.2) is 0 Å². The molecule has 1 unspecified atom stereocenters. The van der Waals surface area contributed by atoms with Gasteiger partial charge >= 0.3 is 6.18 Å². The van der Waals surface area contributed by atoms with Crippen molar-refractivity contribution in [2.45, 2.75) is 45.7 Å². The highest BCUT2D eigenvalue weighted by molar-refractivity contribution is 5.82. The van der Waals surface area contributed by atoms with Crippen LogP contribution in [0.15, 0.2) is 0 Å². The molecule has 18 heavy (non-hydrogen) atoms. The molecule has 0 aliphatic heterocycles. The summed E-state index contributed by atoms with van der Waals surface area (Å²) in [7, 11) is 1.65. The summed E-state index contributed by atoms with van der Waals surface area (Å²) in [4.78, 5) is 13.4. The van der Waals surface area contributed by atoms with Gasteiger partial charge in [-0.15, -0.1) is 0 Å². The van der Waals surface area contributed by atoms with Crippen LogP contribution in [-0.4, -0.2) is 37.0 Å². The van der Waals surface area contributed by atoms with E-state index in [-0.39, 0.29) is 23.7 Å². The highest BCUT2D eigenvalue weighted by Gasteiger charge is 2.34. The zero-order valence-electron chi connectivity index (χ0n) is 11.3. The van der Waals surface area contributed by atoms with Crippen LogP contribution < -0.4 is 0 Å². The first kappa shape index (κ1) is 15.5. The molecule has 0 spiro atoms. The average molecular weight is 265 g/mol. The standard InChI is InChI=1S/C13H22F3NO/c1-12(2)5-4-11(18)10(8-12)9-17(3)7-6-13(14,15)16/h10H,4-9H2,1-3H3. The lowest BCUT2D eigenvalue weighted by Gasteiger charge is -2.36. The van der Waals surface area contributed by atoms with Gasteiger partial charge < -0.3 is 4.90 Å². The summed E-state index contributed by atoms with van der Waals surface area (Å²) in [5.41, 5.74) is 0.128. The summed E-state index contributed by atoms with van der Waals surface area (Å²) in [6.07, 6.45) is -2.71. The van der Waals surface area contributed by atoms with Crippen molar-refractivity contribution in [2.24, 2.45) is 11.3 Å². The van der Waals surface area contributed by atoms with Crippen molar-refractivity contribution in [3.8, 4) is 0 Å². The third kappa shape index (κ3) is 5.38. The predicted octanol–water partition coefficient (Wildman–Crippen LogP) is 3.27. The molecule has 1 rings (SSSR count). The van der Waals surface area contributed by atoms with E-state index in [0.29, 0.717) is 13.0 Å². The quantitative estimate of drug-likeness (QED) is 0.777. The molecule has 0 saturated heterocycles. The van der Waals surface area contributed by atoms with Crippen LogP contribution in [0.5, 0.6) is 0 Å². The highest BCUT2D eigenvalue weighted by Crippen LogP contribution is 2.37. The highest BCUT2D eigenvalue weighted by atomic mass is 19.4. The maximum Gasteiger partial charge on any atom is 0.390 e. The molecule has 0 heterocycles. The maximum atomic E-state index is 12.1. The van der Waals surface area contributed by atoms with Crippen molar-refractivity contribution >= 4 is 5.78 Å². The number of alkyl halides is 3. The van der Waals surface area contributed by atoms with E-state index in [2.05, 4.69) is 13.8 Å². The minimum absolute atomic E-state index is 0.0340. The van der Waals surface area contributed by atoms with Crippen LogP contribution in [0.2, 0.25) is 0 Å². The Morgan fingerprint density at radius 2 is 2.00 bits per heavy atom. The number of hydrogen-bond acceptors (Lipinski definition) is 2. The Hall–Kier alpha value is -0.580. The monoisotopic (exact) mass is 265 g/mol. The minimum atomic E-state index is -4.12. The molecule has 106 valence electrons. The molecule has 1 atom stereocenters. The predicted molar refractivity (Wildman–Crippen MR) is 64.3 cm³/mol. The summed E-state index contributed by atoms with van der Waals surface area (Å²) in [5, 5.41) is 0.